The van der Waals surface area contributed by atoms with Gasteiger partial charge in [-0.2, -0.15) is 18.6 Å². The molecular weight excluding hydrogens is 225 g/mol. The van der Waals surface area contributed by atoms with Crippen molar-refractivity contribution < 1.29 is 22.7 Å². The zero-order chi connectivity index (χ0) is 11.8. The summed E-state index contributed by atoms with van der Waals surface area (Å²) in [5.41, 5.74) is 4.35. The van der Waals surface area contributed by atoms with Gasteiger partial charge in [0.1, 0.15) is 0 Å². The second-order valence-electron chi connectivity index (χ2n) is 3.17. The number of carbonyl (C=O) groups excluding carboxylic acids is 1. The van der Waals surface area contributed by atoms with Gasteiger partial charge in [-0.1, -0.05) is 12.1 Å². The van der Waals surface area contributed by atoms with Gasteiger partial charge in [0, 0.05) is 5.56 Å². The first-order valence-electron chi connectivity index (χ1n) is 4.36. The fourth-order valence-electron chi connectivity index (χ4n) is 1.29. The number of amides is 1. The van der Waals surface area contributed by atoms with Gasteiger partial charge in [-0.05, 0) is 12.1 Å². The maximum absolute atomic E-state index is 12.2. The summed E-state index contributed by atoms with van der Waals surface area (Å²) in [6, 6.07) is 4.37. The van der Waals surface area contributed by atoms with Crippen molar-refractivity contribution in [3.05, 3.63) is 35.4 Å². The third-order valence-electron chi connectivity index (χ3n) is 2.07. The molecule has 1 aliphatic heterocycles. The van der Waals surface area contributed by atoms with Gasteiger partial charge in [-0.3, -0.25) is 5.43 Å². The second-order valence-corrected chi connectivity index (χ2v) is 3.17. The first-order valence-corrected chi connectivity index (χ1v) is 4.36. The van der Waals surface area contributed by atoms with Crippen LogP contribution in [0.2, 0.25) is 0 Å². The summed E-state index contributed by atoms with van der Waals surface area (Å²) in [7, 11) is 0. The van der Waals surface area contributed by atoms with E-state index in [2.05, 4.69) is 10.9 Å². The van der Waals surface area contributed by atoms with Gasteiger partial charge in [-0.15, -0.1) is 0 Å². The number of alkyl halides is 3. The molecule has 0 aromatic heterocycles. The van der Waals surface area contributed by atoms with Crippen LogP contribution in [0.15, 0.2) is 24.3 Å². The van der Waals surface area contributed by atoms with Crippen molar-refractivity contribution in [1.82, 2.24) is 10.9 Å². The third-order valence-corrected chi connectivity index (χ3v) is 2.07. The molecule has 1 atom stereocenters. The number of hydrogen-bond donors (Lipinski definition) is 2. The van der Waals surface area contributed by atoms with E-state index in [0.717, 1.165) is 12.1 Å². The van der Waals surface area contributed by atoms with Gasteiger partial charge in [0.2, 0.25) is 0 Å². The van der Waals surface area contributed by atoms with Crippen LogP contribution in [-0.4, -0.2) is 6.09 Å². The minimum Gasteiger partial charge on any atom is -0.423 e. The van der Waals surface area contributed by atoms with Crippen LogP contribution in [0.3, 0.4) is 0 Å². The highest BCUT2D eigenvalue weighted by atomic mass is 19.4. The van der Waals surface area contributed by atoms with Crippen LogP contribution in [0.5, 0.6) is 0 Å². The number of nitrogens with one attached hydrogen (secondary N) is 2. The topological polar surface area (TPSA) is 50.4 Å². The lowest BCUT2D eigenvalue weighted by molar-refractivity contribution is -0.137. The molecule has 86 valence electrons. The van der Waals surface area contributed by atoms with E-state index >= 15 is 0 Å². The molecule has 16 heavy (non-hydrogen) atoms. The Kier molecular flexibility index (Phi) is 2.47. The molecule has 0 bridgehead atoms. The van der Waals surface area contributed by atoms with Crippen molar-refractivity contribution in [2.75, 3.05) is 0 Å². The summed E-state index contributed by atoms with van der Waals surface area (Å²) in [6.45, 7) is 0. The Morgan fingerprint density at radius 1 is 1.19 bits per heavy atom. The van der Waals surface area contributed by atoms with Crippen LogP contribution < -0.4 is 10.9 Å². The normalized spacial score (nSPS) is 20.4. The maximum atomic E-state index is 12.2. The molecule has 1 aromatic carbocycles. The van der Waals surface area contributed by atoms with Crippen molar-refractivity contribution in [1.29, 1.82) is 0 Å². The number of hydrogen-bond acceptors (Lipinski definition) is 3. The van der Waals surface area contributed by atoms with Crippen LogP contribution in [0.25, 0.3) is 0 Å². The molecule has 2 rings (SSSR count). The number of carbonyl (C=O) groups is 1. The molecule has 1 fully saturated rings. The van der Waals surface area contributed by atoms with Crippen molar-refractivity contribution in [2.24, 2.45) is 0 Å². The molecule has 1 aliphatic rings. The van der Waals surface area contributed by atoms with Gasteiger partial charge < -0.3 is 4.74 Å². The van der Waals surface area contributed by atoms with E-state index in [1.807, 2.05) is 0 Å². The van der Waals surface area contributed by atoms with Gasteiger partial charge in [0.05, 0.1) is 5.56 Å². The van der Waals surface area contributed by atoms with Crippen molar-refractivity contribution in [3.63, 3.8) is 0 Å². The van der Waals surface area contributed by atoms with Crippen LogP contribution >= 0.6 is 0 Å². The van der Waals surface area contributed by atoms with E-state index in [-0.39, 0.29) is 0 Å². The van der Waals surface area contributed by atoms with E-state index in [1.165, 1.54) is 12.1 Å². The van der Waals surface area contributed by atoms with Crippen LogP contribution in [-0.2, 0) is 10.9 Å². The van der Waals surface area contributed by atoms with Gasteiger partial charge in [0.15, 0.2) is 6.23 Å². The number of rotatable bonds is 1. The summed E-state index contributed by atoms with van der Waals surface area (Å²) in [4.78, 5) is 10.7. The van der Waals surface area contributed by atoms with Crippen molar-refractivity contribution in [2.45, 2.75) is 12.4 Å². The standard InChI is InChI=1S/C9H7F3N2O2/c10-9(11,12)6-3-1-5(2-4-6)7-13-14-8(15)16-7/h1-4,7,13H,(H,14,15). The highest BCUT2D eigenvalue weighted by Gasteiger charge is 2.31. The molecule has 4 nitrogen and oxygen atoms in total. The van der Waals surface area contributed by atoms with E-state index in [1.54, 1.807) is 0 Å². The number of hydrazine groups is 1. The summed E-state index contributed by atoms with van der Waals surface area (Å²) in [6.07, 6.45) is -5.78. The average Bonchev–Trinajstić information content (AvgIpc) is 2.64. The van der Waals surface area contributed by atoms with Gasteiger partial charge >= 0.3 is 12.3 Å². The van der Waals surface area contributed by atoms with Gasteiger partial charge in [0.25, 0.3) is 0 Å². The largest absolute Gasteiger partial charge is 0.423 e. The van der Waals surface area contributed by atoms with Crippen molar-refractivity contribution in [3.8, 4) is 0 Å². The molecule has 0 aliphatic carbocycles. The van der Waals surface area contributed by atoms with E-state index in [0.29, 0.717) is 5.56 Å². The minimum absolute atomic E-state index is 0.436. The summed E-state index contributed by atoms with van der Waals surface area (Å²) in [5.74, 6) is 0. The summed E-state index contributed by atoms with van der Waals surface area (Å²) >= 11 is 0. The predicted octanol–water partition coefficient (Wildman–Crippen LogP) is 1.95. The molecule has 7 heteroatoms. The van der Waals surface area contributed by atoms with Crippen LogP contribution in [0.1, 0.15) is 17.4 Å². The Balaban J connectivity index is 2.17. The Hall–Kier alpha value is -1.76. The first-order chi connectivity index (χ1) is 7.47. The van der Waals surface area contributed by atoms with Gasteiger partial charge in [-0.25, -0.2) is 4.79 Å². The number of ether oxygens (including phenoxy) is 1. The lowest BCUT2D eigenvalue weighted by atomic mass is 10.1. The summed E-state index contributed by atoms with van der Waals surface area (Å²) in [5, 5.41) is 0. The molecule has 2 N–H and O–H groups in total. The highest BCUT2D eigenvalue weighted by molar-refractivity contribution is 5.68. The molecule has 1 amide bonds. The van der Waals surface area contributed by atoms with E-state index < -0.39 is 24.1 Å². The fourth-order valence-corrected chi connectivity index (χ4v) is 1.29. The molecule has 1 saturated heterocycles. The number of cyclic esters (lactones) is 1. The Morgan fingerprint density at radius 3 is 2.25 bits per heavy atom. The third kappa shape index (κ3) is 2.08. The Labute approximate surface area is 88.4 Å². The van der Waals surface area contributed by atoms with Crippen molar-refractivity contribution >= 4 is 6.09 Å². The lowest BCUT2D eigenvalue weighted by Gasteiger charge is -2.10. The fraction of sp³-hybridized carbons (Fsp3) is 0.222. The predicted molar refractivity (Wildman–Crippen MR) is 46.9 cm³/mol. The molecule has 1 unspecified atom stereocenters. The minimum atomic E-state index is -4.36. The second kappa shape index (κ2) is 3.67. The van der Waals surface area contributed by atoms with E-state index in [4.69, 9.17) is 4.74 Å². The number of benzene rings is 1. The zero-order valence-corrected chi connectivity index (χ0v) is 7.84. The Morgan fingerprint density at radius 2 is 1.81 bits per heavy atom. The molecule has 1 aromatic rings. The maximum Gasteiger partial charge on any atom is 0.423 e. The Bertz CT molecular complexity index is 402. The number of halogens is 3. The molecule has 1 heterocycles. The molecular formula is C9H7F3N2O2. The quantitative estimate of drug-likeness (QED) is 0.778. The monoisotopic (exact) mass is 232 g/mol. The molecule has 0 saturated carbocycles. The summed E-state index contributed by atoms with van der Waals surface area (Å²) < 4.78 is 41.5. The zero-order valence-electron chi connectivity index (χ0n) is 7.84. The molecule has 0 radical (unpaired) electrons. The highest BCUT2D eigenvalue weighted by Crippen LogP contribution is 2.30. The smallest absolute Gasteiger partial charge is 0.423 e. The van der Waals surface area contributed by atoms with Crippen LogP contribution in [0.4, 0.5) is 18.0 Å². The van der Waals surface area contributed by atoms with Crippen LogP contribution in [0, 0.1) is 0 Å². The lowest BCUT2D eigenvalue weighted by Crippen LogP contribution is -2.26. The SMILES string of the molecule is O=C1NNC(c2ccc(C(F)(F)F)cc2)O1. The van der Waals surface area contributed by atoms with E-state index in [9.17, 15) is 18.0 Å². The molecule has 0 spiro atoms. The first kappa shape index (κ1) is 10.7. The average molecular weight is 232 g/mol.